The normalized spacial score (nSPS) is 11.4. The van der Waals surface area contributed by atoms with Crippen LogP contribution in [0.2, 0.25) is 5.02 Å². The molecule has 6 nitrogen and oxygen atoms in total. The van der Waals surface area contributed by atoms with Gasteiger partial charge in [0.15, 0.2) is 0 Å². The van der Waals surface area contributed by atoms with Gasteiger partial charge in [0.25, 0.3) is 10.0 Å². The van der Waals surface area contributed by atoms with Crippen molar-refractivity contribution in [1.29, 1.82) is 0 Å². The second-order valence-electron chi connectivity index (χ2n) is 6.13. The van der Waals surface area contributed by atoms with E-state index >= 15 is 0 Å². The van der Waals surface area contributed by atoms with E-state index in [2.05, 4.69) is 9.88 Å². The Kier molecular flexibility index (Phi) is 5.17. The zero-order valence-corrected chi connectivity index (χ0v) is 16.9. The molecule has 0 unspecified atom stereocenters. The van der Waals surface area contributed by atoms with Crippen LogP contribution in [0.3, 0.4) is 0 Å². The molecule has 1 heterocycles. The highest BCUT2D eigenvalue weighted by atomic mass is 35.5. The number of hydrogen-bond acceptors (Lipinski definition) is 5. The molecule has 0 aliphatic carbocycles. The van der Waals surface area contributed by atoms with Gasteiger partial charge in [-0.15, -0.1) is 0 Å². The summed E-state index contributed by atoms with van der Waals surface area (Å²) in [5.74, 6) is 0.843. The number of anilines is 1. The standard InChI is InChI=1S/C19H19ClN2O4S/c1-11-5-7-15(10-16(11)20)22-27(23,24)18-9-14(6-8-17(18)25-4)19-12(2)21-26-13(19)3/h5-10,22H,1-4H3. The number of nitrogens with zero attached hydrogens (tertiary/aromatic N) is 1. The average Bonchev–Trinajstić information content (AvgIpc) is 2.96. The number of methoxy groups -OCH3 is 1. The smallest absolute Gasteiger partial charge is 0.265 e. The van der Waals surface area contributed by atoms with Crippen molar-refractivity contribution in [2.75, 3.05) is 11.8 Å². The fraction of sp³-hybridized carbons (Fsp3) is 0.211. The van der Waals surface area contributed by atoms with E-state index in [1.165, 1.54) is 7.11 Å². The number of rotatable bonds is 5. The van der Waals surface area contributed by atoms with Gasteiger partial charge in [-0.05, 0) is 56.2 Å². The number of aromatic nitrogens is 1. The van der Waals surface area contributed by atoms with Crippen molar-refractivity contribution in [3.8, 4) is 16.9 Å². The van der Waals surface area contributed by atoms with Gasteiger partial charge in [0.2, 0.25) is 0 Å². The number of halogens is 1. The van der Waals surface area contributed by atoms with Gasteiger partial charge in [0.05, 0.1) is 18.5 Å². The molecule has 0 radical (unpaired) electrons. The van der Waals surface area contributed by atoms with Crippen molar-refractivity contribution in [2.45, 2.75) is 25.7 Å². The van der Waals surface area contributed by atoms with Gasteiger partial charge < -0.3 is 9.26 Å². The Morgan fingerprint density at radius 3 is 2.44 bits per heavy atom. The molecule has 1 aromatic heterocycles. The Hall–Kier alpha value is -2.51. The Morgan fingerprint density at radius 2 is 1.85 bits per heavy atom. The van der Waals surface area contributed by atoms with E-state index in [1.54, 1.807) is 50.2 Å². The van der Waals surface area contributed by atoms with E-state index in [0.717, 1.165) is 11.1 Å². The van der Waals surface area contributed by atoms with Crippen molar-refractivity contribution < 1.29 is 17.7 Å². The number of benzene rings is 2. The molecule has 0 atom stereocenters. The van der Waals surface area contributed by atoms with Gasteiger partial charge in [-0.1, -0.05) is 28.9 Å². The lowest BCUT2D eigenvalue weighted by molar-refractivity contribution is 0.393. The topological polar surface area (TPSA) is 81.4 Å². The molecule has 8 heteroatoms. The van der Waals surface area contributed by atoms with E-state index in [0.29, 0.717) is 27.7 Å². The summed E-state index contributed by atoms with van der Waals surface area (Å²) >= 11 is 6.10. The molecule has 0 aliphatic rings. The summed E-state index contributed by atoms with van der Waals surface area (Å²) in [6, 6.07) is 9.90. The first kappa shape index (κ1) is 19.3. The second-order valence-corrected chi connectivity index (χ2v) is 8.19. The molecule has 3 aromatic rings. The highest BCUT2D eigenvalue weighted by Gasteiger charge is 2.22. The maximum atomic E-state index is 13.0. The van der Waals surface area contributed by atoms with Crippen molar-refractivity contribution in [1.82, 2.24) is 5.16 Å². The maximum absolute atomic E-state index is 13.0. The number of ether oxygens (including phenoxy) is 1. The van der Waals surface area contributed by atoms with Crippen molar-refractivity contribution in [3.05, 3.63) is 58.4 Å². The summed E-state index contributed by atoms with van der Waals surface area (Å²) in [6.07, 6.45) is 0. The summed E-state index contributed by atoms with van der Waals surface area (Å²) < 4.78 is 39.0. The summed E-state index contributed by atoms with van der Waals surface area (Å²) in [6.45, 7) is 5.42. The molecule has 0 saturated heterocycles. The summed E-state index contributed by atoms with van der Waals surface area (Å²) in [7, 11) is -2.49. The van der Waals surface area contributed by atoms with Crippen LogP contribution in [0, 0.1) is 20.8 Å². The fourth-order valence-electron chi connectivity index (χ4n) is 2.80. The van der Waals surface area contributed by atoms with Crippen molar-refractivity contribution in [2.24, 2.45) is 0 Å². The number of hydrogen-bond donors (Lipinski definition) is 1. The zero-order chi connectivity index (χ0) is 19.8. The van der Waals surface area contributed by atoms with E-state index in [-0.39, 0.29) is 10.6 Å². The first-order valence-electron chi connectivity index (χ1n) is 8.13. The van der Waals surface area contributed by atoms with Crippen LogP contribution in [0.4, 0.5) is 5.69 Å². The predicted octanol–water partition coefficient (Wildman–Crippen LogP) is 4.73. The van der Waals surface area contributed by atoms with Gasteiger partial charge in [-0.2, -0.15) is 0 Å². The van der Waals surface area contributed by atoms with Crippen LogP contribution >= 0.6 is 11.6 Å². The van der Waals surface area contributed by atoms with Gasteiger partial charge in [-0.25, -0.2) is 8.42 Å². The lowest BCUT2D eigenvalue weighted by atomic mass is 10.0. The van der Waals surface area contributed by atoms with Crippen LogP contribution in [0.1, 0.15) is 17.0 Å². The molecule has 0 fully saturated rings. The lowest BCUT2D eigenvalue weighted by Gasteiger charge is -2.14. The SMILES string of the molecule is COc1ccc(-c2c(C)noc2C)cc1S(=O)(=O)Nc1ccc(C)c(Cl)c1. The molecule has 142 valence electrons. The van der Waals surface area contributed by atoms with Crippen molar-refractivity contribution >= 4 is 27.3 Å². The third-order valence-electron chi connectivity index (χ3n) is 4.20. The molecule has 1 N–H and O–H groups in total. The fourth-order valence-corrected chi connectivity index (χ4v) is 4.23. The molecule has 0 aliphatic heterocycles. The highest BCUT2D eigenvalue weighted by Crippen LogP contribution is 2.34. The minimum atomic E-state index is -3.91. The van der Waals surface area contributed by atoms with Gasteiger partial charge >= 0.3 is 0 Å². The van der Waals surface area contributed by atoms with Gasteiger partial charge in [0.1, 0.15) is 16.4 Å². The van der Waals surface area contributed by atoms with Crippen LogP contribution in [-0.4, -0.2) is 20.7 Å². The van der Waals surface area contributed by atoms with Crippen LogP contribution in [-0.2, 0) is 10.0 Å². The molecule has 0 bridgehead atoms. The lowest BCUT2D eigenvalue weighted by Crippen LogP contribution is -2.14. The molecule has 0 saturated carbocycles. The number of sulfonamides is 1. The Labute approximate surface area is 163 Å². The predicted molar refractivity (Wildman–Crippen MR) is 105 cm³/mol. The van der Waals surface area contributed by atoms with Crippen LogP contribution in [0.25, 0.3) is 11.1 Å². The molecule has 27 heavy (non-hydrogen) atoms. The first-order valence-corrected chi connectivity index (χ1v) is 9.99. The van der Waals surface area contributed by atoms with E-state index in [9.17, 15) is 8.42 Å². The Balaban J connectivity index is 2.08. The second kappa shape index (κ2) is 7.25. The van der Waals surface area contributed by atoms with E-state index in [4.69, 9.17) is 20.9 Å². The Morgan fingerprint density at radius 1 is 1.11 bits per heavy atom. The minimum absolute atomic E-state index is 0.0131. The van der Waals surface area contributed by atoms with Gasteiger partial charge in [0, 0.05) is 10.6 Å². The summed E-state index contributed by atoms with van der Waals surface area (Å²) in [5.41, 5.74) is 3.34. The molecular weight excluding hydrogens is 388 g/mol. The summed E-state index contributed by atoms with van der Waals surface area (Å²) in [4.78, 5) is 0.0131. The van der Waals surface area contributed by atoms with Crippen LogP contribution in [0.15, 0.2) is 45.8 Å². The van der Waals surface area contributed by atoms with E-state index < -0.39 is 10.0 Å². The third-order valence-corrected chi connectivity index (χ3v) is 6.01. The summed E-state index contributed by atoms with van der Waals surface area (Å²) in [5, 5.41) is 4.41. The zero-order valence-electron chi connectivity index (χ0n) is 15.3. The quantitative estimate of drug-likeness (QED) is 0.662. The van der Waals surface area contributed by atoms with Crippen LogP contribution in [0.5, 0.6) is 5.75 Å². The largest absolute Gasteiger partial charge is 0.495 e. The van der Waals surface area contributed by atoms with Gasteiger partial charge in [-0.3, -0.25) is 4.72 Å². The molecule has 0 amide bonds. The molecular formula is C19H19ClN2O4S. The van der Waals surface area contributed by atoms with Crippen molar-refractivity contribution in [3.63, 3.8) is 0 Å². The molecule has 2 aromatic carbocycles. The maximum Gasteiger partial charge on any atom is 0.265 e. The van der Waals surface area contributed by atoms with Crippen LogP contribution < -0.4 is 9.46 Å². The number of nitrogens with one attached hydrogen (secondary N) is 1. The molecule has 0 spiro atoms. The average molecular weight is 407 g/mol. The van der Waals surface area contributed by atoms with E-state index in [1.807, 2.05) is 6.92 Å². The highest BCUT2D eigenvalue weighted by molar-refractivity contribution is 7.92. The minimum Gasteiger partial charge on any atom is -0.495 e. The third kappa shape index (κ3) is 3.79. The first-order chi connectivity index (χ1) is 12.7. The molecule has 3 rings (SSSR count). The number of aryl methyl sites for hydroxylation is 3. The monoisotopic (exact) mass is 406 g/mol. The Bertz CT molecular complexity index is 1090.